The third-order valence-corrected chi connectivity index (χ3v) is 3.85. The first-order chi connectivity index (χ1) is 8.72. The molecule has 2 rings (SSSR count). The van der Waals surface area contributed by atoms with Crippen LogP contribution in [-0.2, 0) is 0 Å². The number of anilines is 1. The first-order valence-electron chi connectivity index (χ1n) is 6.83. The molecule has 1 aromatic carbocycles. The molecule has 3 nitrogen and oxygen atoms in total. The minimum Gasteiger partial charge on any atom is -0.493 e. The van der Waals surface area contributed by atoms with Crippen molar-refractivity contribution in [1.82, 2.24) is 0 Å². The molecule has 0 saturated heterocycles. The van der Waals surface area contributed by atoms with Gasteiger partial charge in [0.1, 0.15) is 0 Å². The normalized spacial score (nSPS) is 23.7. The number of nitrogens with two attached hydrogens (primary N) is 1. The fraction of sp³-hybridized carbons (Fsp3) is 0.600. The summed E-state index contributed by atoms with van der Waals surface area (Å²) in [5, 5.41) is 0. The van der Waals surface area contributed by atoms with Crippen molar-refractivity contribution in [2.45, 2.75) is 45.1 Å². The van der Waals surface area contributed by atoms with E-state index in [1.165, 1.54) is 19.3 Å². The average molecular weight is 249 g/mol. The first-order valence-corrected chi connectivity index (χ1v) is 6.83. The molecule has 2 N–H and O–H groups in total. The minimum absolute atomic E-state index is 0.309. The molecule has 0 spiro atoms. The number of hydrogen-bond acceptors (Lipinski definition) is 3. The Morgan fingerprint density at radius 2 is 1.89 bits per heavy atom. The zero-order valence-electron chi connectivity index (χ0n) is 11.3. The maximum atomic E-state index is 6.05. The van der Waals surface area contributed by atoms with E-state index in [9.17, 15) is 0 Å². The number of rotatable bonds is 4. The fourth-order valence-electron chi connectivity index (χ4n) is 2.62. The van der Waals surface area contributed by atoms with Crippen molar-refractivity contribution in [1.29, 1.82) is 0 Å². The molecule has 1 aromatic rings. The number of nitrogen functional groups attached to an aromatic ring is 1. The lowest BCUT2D eigenvalue weighted by atomic mass is 9.86. The Hall–Kier alpha value is -1.38. The molecule has 0 aliphatic heterocycles. The third-order valence-electron chi connectivity index (χ3n) is 3.85. The van der Waals surface area contributed by atoms with Gasteiger partial charge in [-0.2, -0.15) is 0 Å². The lowest BCUT2D eigenvalue weighted by Crippen LogP contribution is -2.24. The lowest BCUT2D eigenvalue weighted by molar-refractivity contribution is 0.126. The molecule has 0 bridgehead atoms. The van der Waals surface area contributed by atoms with Crippen LogP contribution in [0.1, 0.15) is 39.0 Å². The number of methoxy groups -OCH3 is 1. The highest BCUT2D eigenvalue weighted by atomic mass is 16.5. The van der Waals surface area contributed by atoms with Crippen LogP contribution in [-0.4, -0.2) is 13.2 Å². The van der Waals surface area contributed by atoms with Gasteiger partial charge >= 0.3 is 0 Å². The summed E-state index contributed by atoms with van der Waals surface area (Å²) >= 11 is 0. The summed E-state index contributed by atoms with van der Waals surface area (Å²) in [5.41, 5.74) is 6.51. The van der Waals surface area contributed by atoms with Crippen LogP contribution >= 0.6 is 0 Å². The van der Waals surface area contributed by atoms with Crippen LogP contribution in [0.15, 0.2) is 18.2 Å². The number of benzene rings is 1. The zero-order chi connectivity index (χ0) is 13.0. The van der Waals surface area contributed by atoms with Crippen LogP contribution < -0.4 is 15.2 Å². The van der Waals surface area contributed by atoms with E-state index in [0.29, 0.717) is 11.8 Å². The largest absolute Gasteiger partial charge is 0.493 e. The van der Waals surface area contributed by atoms with Crippen molar-refractivity contribution >= 4 is 5.69 Å². The van der Waals surface area contributed by atoms with Crippen LogP contribution in [0.4, 0.5) is 5.69 Å². The van der Waals surface area contributed by atoms with Crippen molar-refractivity contribution in [2.75, 3.05) is 12.8 Å². The maximum Gasteiger partial charge on any atom is 0.163 e. The van der Waals surface area contributed by atoms with E-state index in [0.717, 1.165) is 30.3 Å². The second kappa shape index (κ2) is 5.98. The molecular weight excluding hydrogens is 226 g/mol. The van der Waals surface area contributed by atoms with Gasteiger partial charge in [0.05, 0.1) is 13.2 Å². The first kappa shape index (κ1) is 13.1. The highest BCUT2D eigenvalue weighted by molar-refractivity contribution is 5.52. The lowest BCUT2D eigenvalue weighted by Gasteiger charge is -2.28. The Kier molecular flexibility index (Phi) is 4.34. The minimum atomic E-state index is 0.309. The smallest absolute Gasteiger partial charge is 0.163 e. The maximum absolute atomic E-state index is 6.05. The van der Waals surface area contributed by atoms with Crippen LogP contribution in [0.25, 0.3) is 0 Å². The fourth-order valence-corrected chi connectivity index (χ4v) is 2.62. The quantitative estimate of drug-likeness (QED) is 0.829. The summed E-state index contributed by atoms with van der Waals surface area (Å²) in [4.78, 5) is 0. The third kappa shape index (κ3) is 3.09. The van der Waals surface area contributed by atoms with Gasteiger partial charge in [-0.25, -0.2) is 0 Å². The predicted octanol–water partition coefficient (Wildman–Crippen LogP) is 3.63. The Bertz CT molecular complexity index is 384. The van der Waals surface area contributed by atoms with Gasteiger partial charge in [0.2, 0.25) is 0 Å². The van der Waals surface area contributed by atoms with Gasteiger partial charge < -0.3 is 15.2 Å². The van der Waals surface area contributed by atoms with Gasteiger partial charge in [-0.3, -0.25) is 0 Å². The molecule has 100 valence electrons. The highest BCUT2D eigenvalue weighted by Gasteiger charge is 2.22. The predicted molar refractivity (Wildman–Crippen MR) is 74.1 cm³/mol. The molecule has 1 aliphatic rings. The van der Waals surface area contributed by atoms with Gasteiger partial charge in [0.25, 0.3) is 0 Å². The van der Waals surface area contributed by atoms with Crippen molar-refractivity contribution in [3.8, 4) is 11.5 Å². The molecule has 1 aliphatic carbocycles. The molecule has 0 atom stereocenters. The molecule has 3 heteroatoms. The van der Waals surface area contributed by atoms with E-state index in [1.807, 2.05) is 18.2 Å². The SMILES string of the molecule is CCC1CCC(Oc2cc(N)ccc2OC)CC1. The Morgan fingerprint density at radius 3 is 2.50 bits per heavy atom. The van der Waals surface area contributed by atoms with Crippen molar-refractivity contribution < 1.29 is 9.47 Å². The molecule has 0 radical (unpaired) electrons. The van der Waals surface area contributed by atoms with Crippen molar-refractivity contribution in [3.63, 3.8) is 0 Å². The summed E-state index contributed by atoms with van der Waals surface area (Å²) in [6.07, 6.45) is 6.40. The van der Waals surface area contributed by atoms with Gasteiger partial charge in [-0.05, 0) is 43.7 Å². The average Bonchev–Trinajstić information content (AvgIpc) is 2.40. The van der Waals surface area contributed by atoms with Crippen LogP contribution in [0, 0.1) is 5.92 Å². The van der Waals surface area contributed by atoms with Gasteiger partial charge in [-0.1, -0.05) is 13.3 Å². The van der Waals surface area contributed by atoms with E-state index < -0.39 is 0 Å². The van der Waals surface area contributed by atoms with E-state index in [2.05, 4.69) is 6.92 Å². The van der Waals surface area contributed by atoms with Crippen LogP contribution in [0.2, 0.25) is 0 Å². The summed E-state index contributed by atoms with van der Waals surface area (Å²) in [7, 11) is 1.66. The Balaban J connectivity index is 1.99. The summed E-state index contributed by atoms with van der Waals surface area (Å²) < 4.78 is 11.3. The molecule has 1 saturated carbocycles. The molecule has 0 aromatic heterocycles. The van der Waals surface area contributed by atoms with Crippen LogP contribution in [0.3, 0.4) is 0 Å². The van der Waals surface area contributed by atoms with E-state index >= 15 is 0 Å². The van der Waals surface area contributed by atoms with Gasteiger partial charge in [0.15, 0.2) is 11.5 Å². The molecule has 0 unspecified atom stereocenters. The molecule has 1 fully saturated rings. The molecule has 0 heterocycles. The van der Waals surface area contributed by atoms with E-state index in [-0.39, 0.29) is 0 Å². The van der Waals surface area contributed by atoms with E-state index in [1.54, 1.807) is 7.11 Å². The molecular formula is C15H23NO2. The standard InChI is InChI=1S/C15H23NO2/c1-3-11-4-7-13(8-5-11)18-15-10-12(16)6-9-14(15)17-2/h6,9-11,13H,3-5,7-8,16H2,1-2H3. The van der Waals surface area contributed by atoms with E-state index in [4.69, 9.17) is 15.2 Å². The highest BCUT2D eigenvalue weighted by Crippen LogP contribution is 2.34. The number of ether oxygens (including phenoxy) is 2. The number of hydrogen-bond donors (Lipinski definition) is 1. The van der Waals surface area contributed by atoms with Gasteiger partial charge in [-0.15, -0.1) is 0 Å². The van der Waals surface area contributed by atoms with Crippen LogP contribution in [0.5, 0.6) is 11.5 Å². The summed E-state index contributed by atoms with van der Waals surface area (Å²) in [6.45, 7) is 2.27. The van der Waals surface area contributed by atoms with Crippen molar-refractivity contribution in [2.24, 2.45) is 5.92 Å². The Morgan fingerprint density at radius 1 is 1.17 bits per heavy atom. The monoisotopic (exact) mass is 249 g/mol. The van der Waals surface area contributed by atoms with Gasteiger partial charge in [0, 0.05) is 11.8 Å². The zero-order valence-corrected chi connectivity index (χ0v) is 11.3. The van der Waals surface area contributed by atoms with Crippen molar-refractivity contribution in [3.05, 3.63) is 18.2 Å². The topological polar surface area (TPSA) is 44.5 Å². The summed E-state index contributed by atoms with van der Waals surface area (Å²) in [5.74, 6) is 2.42. The molecule has 0 amide bonds. The molecule has 18 heavy (non-hydrogen) atoms. The Labute approximate surface area is 109 Å². The second-order valence-corrected chi connectivity index (χ2v) is 5.08. The second-order valence-electron chi connectivity index (χ2n) is 5.08. The summed E-state index contributed by atoms with van der Waals surface area (Å²) in [6, 6.07) is 5.55.